The van der Waals surface area contributed by atoms with Crippen LogP contribution in [0.4, 0.5) is 5.69 Å². The Morgan fingerprint density at radius 2 is 1.81 bits per heavy atom. The summed E-state index contributed by atoms with van der Waals surface area (Å²) in [4.78, 5) is 12.8. The highest BCUT2D eigenvalue weighted by Gasteiger charge is 2.24. The smallest absolute Gasteiger partial charge is 0.241 e. The maximum Gasteiger partial charge on any atom is 0.241 e. The molecule has 1 amide bonds. The zero-order chi connectivity index (χ0) is 22.6. The number of carbonyl (C=O) groups excluding carboxylic acids is 1. The number of hydrogen-bond acceptors (Lipinski definition) is 7. The van der Waals surface area contributed by atoms with Crippen molar-refractivity contribution in [2.75, 3.05) is 44.5 Å². The molecule has 168 valence electrons. The predicted molar refractivity (Wildman–Crippen MR) is 116 cm³/mol. The average molecular weight is 451 g/mol. The molecule has 31 heavy (non-hydrogen) atoms. The van der Waals surface area contributed by atoms with Gasteiger partial charge in [0.1, 0.15) is 31.3 Å². The van der Waals surface area contributed by atoms with Gasteiger partial charge >= 0.3 is 0 Å². The summed E-state index contributed by atoms with van der Waals surface area (Å²) in [6.07, 6.45) is 1.05. The lowest BCUT2D eigenvalue weighted by atomic mass is 10.1. The minimum absolute atomic E-state index is 0.313. The van der Waals surface area contributed by atoms with E-state index in [1.54, 1.807) is 50.4 Å². The standard InChI is InChI=1S/C21H26N2O7S/c1-14(17-12-16(27-2)6-8-18(17)28-3)22-21(24)13-23(31(4,25)26)15-5-7-19-20(11-15)30-10-9-29-19/h5-8,11-12,14H,9-10,13H2,1-4H3,(H,22,24)/t14-/m1/s1. The van der Waals surface area contributed by atoms with Gasteiger partial charge in [-0.1, -0.05) is 0 Å². The van der Waals surface area contributed by atoms with Crippen LogP contribution in [0.3, 0.4) is 0 Å². The molecular weight excluding hydrogens is 424 g/mol. The van der Waals surface area contributed by atoms with Crippen LogP contribution < -0.4 is 28.6 Å². The van der Waals surface area contributed by atoms with Crippen LogP contribution in [0, 0.1) is 0 Å². The van der Waals surface area contributed by atoms with E-state index in [0.717, 1.165) is 10.6 Å². The number of hydrogen-bond donors (Lipinski definition) is 1. The minimum atomic E-state index is -3.73. The van der Waals surface area contributed by atoms with Crippen molar-refractivity contribution in [3.05, 3.63) is 42.0 Å². The maximum absolute atomic E-state index is 12.8. The lowest BCUT2D eigenvalue weighted by Crippen LogP contribution is -2.41. The van der Waals surface area contributed by atoms with Crippen molar-refractivity contribution in [2.24, 2.45) is 0 Å². The molecular formula is C21H26N2O7S. The summed E-state index contributed by atoms with van der Waals surface area (Å²) >= 11 is 0. The average Bonchev–Trinajstić information content (AvgIpc) is 2.75. The van der Waals surface area contributed by atoms with Crippen molar-refractivity contribution in [3.63, 3.8) is 0 Å². The van der Waals surface area contributed by atoms with Crippen molar-refractivity contribution < 1.29 is 32.2 Å². The Labute approximate surface area is 181 Å². The van der Waals surface area contributed by atoms with Crippen molar-refractivity contribution in [1.29, 1.82) is 0 Å². The number of sulfonamides is 1. The molecule has 1 aliphatic rings. The van der Waals surface area contributed by atoms with E-state index in [0.29, 0.717) is 47.5 Å². The third-order valence-electron chi connectivity index (χ3n) is 4.78. The Morgan fingerprint density at radius 3 is 2.45 bits per heavy atom. The summed E-state index contributed by atoms with van der Waals surface area (Å²) in [5.74, 6) is 1.70. The number of benzene rings is 2. The van der Waals surface area contributed by atoms with Crippen molar-refractivity contribution in [2.45, 2.75) is 13.0 Å². The summed E-state index contributed by atoms with van der Waals surface area (Å²) in [7, 11) is -0.649. The van der Waals surface area contributed by atoms with Gasteiger partial charge in [0.25, 0.3) is 0 Å². The van der Waals surface area contributed by atoms with Gasteiger partial charge in [0.05, 0.1) is 32.2 Å². The summed E-state index contributed by atoms with van der Waals surface area (Å²) in [6.45, 7) is 2.19. The van der Waals surface area contributed by atoms with Gasteiger partial charge in [-0.3, -0.25) is 9.10 Å². The number of amides is 1. The van der Waals surface area contributed by atoms with Crippen LogP contribution in [0.15, 0.2) is 36.4 Å². The third-order valence-corrected chi connectivity index (χ3v) is 5.92. The molecule has 0 spiro atoms. The van der Waals surface area contributed by atoms with E-state index >= 15 is 0 Å². The normalized spacial score (nSPS) is 13.8. The molecule has 1 heterocycles. The molecule has 0 bridgehead atoms. The van der Waals surface area contributed by atoms with Crippen LogP contribution in [0.25, 0.3) is 0 Å². The molecule has 0 fully saturated rings. The fourth-order valence-corrected chi connectivity index (χ4v) is 4.11. The lowest BCUT2D eigenvalue weighted by molar-refractivity contribution is -0.120. The molecule has 2 aromatic carbocycles. The Bertz CT molecular complexity index is 1060. The van der Waals surface area contributed by atoms with E-state index < -0.39 is 28.5 Å². The summed E-state index contributed by atoms with van der Waals surface area (Å²) in [5, 5.41) is 2.82. The van der Waals surface area contributed by atoms with Crippen molar-refractivity contribution >= 4 is 21.6 Å². The molecule has 9 nitrogen and oxygen atoms in total. The first kappa shape index (κ1) is 22.5. The number of anilines is 1. The Kier molecular flexibility index (Phi) is 6.79. The summed E-state index contributed by atoms with van der Waals surface area (Å²) < 4.78 is 47.5. The zero-order valence-electron chi connectivity index (χ0n) is 17.9. The maximum atomic E-state index is 12.8. The lowest BCUT2D eigenvalue weighted by Gasteiger charge is -2.25. The number of methoxy groups -OCH3 is 2. The second-order valence-corrected chi connectivity index (χ2v) is 8.90. The number of fused-ring (bicyclic) bond motifs is 1. The van der Waals surface area contributed by atoms with E-state index in [-0.39, 0.29) is 0 Å². The molecule has 0 unspecified atom stereocenters. The fraction of sp³-hybridized carbons (Fsp3) is 0.381. The molecule has 0 aromatic heterocycles. The topological polar surface area (TPSA) is 103 Å². The van der Waals surface area contributed by atoms with E-state index in [1.807, 2.05) is 0 Å². The molecule has 0 saturated heterocycles. The first-order chi connectivity index (χ1) is 14.7. The number of rotatable bonds is 8. The fourth-order valence-electron chi connectivity index (χ4n) is 3.26. The van der Waals surface area contributed by atoms with Gasteiger partial charge in [-0.25, -0.2) is 8.42 Å². The van der Waals surface area contributed by atoms with E-state index in [1.165, 1.54) is 7.11 Å². The number of carbonyl (C=O) groups is 1. The quantitative estimate of drug-likeness (QED) is 0.657. The second kappa shape index (κ2) is 9.34. The summed E-state index contributed by atoms with van der Waals surface area (Å²) in [6, 6.07) is 9.58. The largest absolute Gasteiger partial charge is 0.497 e. The molecule has 1 N–H and O–H groups in total. The molecule has 10 heteroatoms. The third kappa shape index (κ3) is 5.32. The van der Waals surface area contributed by atoms with Crippen molar-refractivity contribution in [3.8, 4) is 23.0 Å². The Morgan fingerprint density at radius 1 is 1.10 bits per heavy atom. The van der Waals surface area contributed by atoms with E-state index in [2.05, 4.69) is 5.32 Å². The molecule has 0 aliphatic carbocycles. The molecule has 2 aromatic rings. The van der Waals surface area contributed by atoms with Crippen molar-refractivity contribution in [1.82, 2.24) is 5.32 Å². The molecule has 3 rings (SSSR count). The van der Waals surface area contributed by atoms with Gasteiger partial charge in [0.2, 0.25) is 15.9 Å². The van der Waals surface area contributed by atoms with E-state index in [9.17, 15) is 13.2 Å². The van der Waals surface area contributed by atoms with Crippen LogP contribution in [-0.2, 0) is 14.8 Å². The monoisotopic (exact) mass is 450 g/mol. The molecule has 0 saturated carbocycles. The molecule has 0 radical (unpaired) electrons. The Balaban J connectivity index is 1.79. The van der Waals surface area contributed by atoms with Crippen LogP contribution in [0.5, 0.6) is 23.0 Å². The summed E-state index contributed by atoms with van der Waals surface area (Å²) in [5.41, 5.74) is 1.02. The molecule has 1 aliphatic heterocycles. The van der Waals surface area contributed by atoms with Crippen LogP contribution in [0.1, 0.15) is 18.5 Å². The van der Waals surface area contributed by atoms with E-state index in [4.69, 9.17) is 18.9 Å². The molecule has 1 atom stereocenters. The number of nitrogens with zero attached hydrogens (tertiary/aromatic N) is 1. The Hall–Kier alpha value is -3.14. The van der Waals surface area contributed by atoms with Crippen LogP contribution >= 0.6 is 0 Å². The highest BCUT2D eigenvalue weighted by Crippen LogP contribution is 2.35. The number of ether oxygens (including phenoxy) is 4. The second-order valence-electron chi connectivity index (χ2n) is 6.99. The predicted octanol–water partition coefficient (Wildman–Crippen LogP) is 2.12. The van der Waals surface area contributed by atoms with Crippen LogP contribution in [0.2, 0.25) is 0 Å². The highest BCUT2D eigenvalue weighted by atomic mass is 32.2. The first-order valence-electron chi connectivity index (χ1n) is 9.61. The highest BCUT2D eigenvalue weighted by molar-refractivity contribution is 7.92. The van der Waals surface area contributed by atoms with Gasteiger partial charge in [-0.05, 0) is 37.3 Å². The van der Waals surface area contributed by atoms with Crippen LogP contribution in [-0.4, -0.2) is 54.6 Å². The van der Waals surface area contributed by atoms with Gasteiger partial charge < -0.3 is 24.3 Å². The first-order valence-corrected chi connectivity index (χ1v) is 11.5. The van der Waals surface area contributed by atoms with Gasteiger partial charge in [0, 0.05) is 11.6 Å². The zero-order valence-corrected chi connectivity index (χ0v) is 18.7. The SMILES string of the molecule is COc1ccc(OC)c([C@@H](C)NC(=O)CN(c2ccc3c(c2)OCCO3)S(C)(=O)=O)c1. The number of nitrogens with one attached hydrogen (secondary N) is 1. The minimum Gasteiger partial charge on any atom is -0.497 e. The van der Waals surface area contributed by atoms with Gasteiger partial charge in [0.15, 0.2) is 11.5 Å². The van der Waals surface area contributed by atoms with Gasteiger partial charge in [-0.2, -0.15) is 0 Å². The van der Waals surface area contributed by atoms with Gasteiger partial charge in [-0.15, -0.1) is 0 Å².